The van der Waals surface area contributed by atoms with Crippen LogP contribution in [0.4, 0.5) is 0 Å². The SMILES string of the molecule is CCOC(OCC)C(=O)CC(=O)c1ccc(C#N)cc1. The number of nitriles is 1. The fourth-order valence-corrected chi connectivity index (χ4v) is 1.61. The molecule has 0 fully saturated rings. The van der Waals surface area contributed by atoms with E-state index in [0.29, 0.717) is 24.3 Å². The molecular weight excluding hydrogens is 258 g/mol. The molecule has 1 aromatic rings. The van der Waals surface area contributed by atoms with Crippen LogP contribution in [0.2, 0.25) is 0 Å². The molecule has 0 N–H and O–H groups in total. The number of benzene rings is 1. The lowest BCUT2D eigenvalue weighted by Gasteiger charge is -2.15. The number of hydrogen-bond donors (Lipinski definition) is 0. The second-order valence-corrected chi connectivity index (χ2v) is 4.00. The molecule has 0 amide bonds. The minimum absolute atomic E-state index is 0.281. The van der Waals surface area contributed by atoms with Crippen LogP contribution in [0.1, 0.15) is 36.2 Å². The van der Waals surface area contributed by atoms with Crippen molar-refractivity contribution in [1.29, 1.82) is 5.26 Å². The molecule has 0 radical (unpaired) electrons. The first kappa shape index (κ1) is 16.0. The molecule has 0 aromatic heterocycles. The molecule has 1 aromatic carbocycles. The Kier molecular flexibility index (Phi) is 6.57. The van der Waals surface area contributed by atoms with Gasteiger partial charge in [-0.2, -0.15) is 5.26 Å². The molecule has 5 heteroatoms. The summed E-state index contributed by atoms with van der Waals surface area (Å²) in [6, 6.07) is 8.12. The summed E-state index contributed by atoms with van der Waals surface area (Å²) >= 11 is 0. The number of carbonyl (C=O) groups is 2. The van der Waals surface area contributed by atoms with E-state index in [1.54, 1.807) is 26.0 Å². The van der Waals surface area contributed by atoms with Crippen molar-refractivity contribution in [1.82, 2.24) is 0 Å². The van der Waals surface area contributed by atoms with Crippen LogP contribution in [0.3, 0.4) is 0 Å². The Hall–Kier alpha value is -2.03. The molecule has 0 aliphatic rings. The Balaban J connectivity index is 2.68. The Morgan fingerprint density at radius 2 is 1.70 bits per heavy atom. The van der Waals surface area contributed by atoms with Crippen LogP contribution in [0.5, 0.6) is 0 Å². The summed E-state index contributed by atoms with van der Waals surface area (Å²) in [4.78, 5) is 23.9. The quantitative estimate of drug-likeness (QED) is 0.412. The first-order valence-electron chi connectivity index (χ1n) is 6.41. The zero-order valence-electron chi connectivity index (χ0n) is 11.6. The van der Waals surface area contributed by atoms with Gasteiger partial charge in [-0.3, -0.25) is 9.59 Å². The molecule has 5 nitrogen and oxygen atoms in total. The van der Waals surface area contributed by atoms with Gasteiger partial charge in [-0.15, -0.1) is 0 Å². The van der Waals surface area contributed by atoms with Gasteiger partial charge in [0.05, 0.1) is 18.1 Å². The van der Waals surface area contributed by atoms with Gasteiger partial charge in [0.1, 0.15) is 0 Å². The Morgan fingerprint density at radius 3 is 2.15 bits per heavy atom. The highest BCUT2D eigenvalue weighted by Crippen LogP contribution is 2.09. The minimum Gasteiger partial charge on any atom is -0.346 e. The third-order valence-electron chi connectivity index (χ3n) is 2.57. The van der Waals surface area contributed by atoms with Gasteiger partial charge >= 0.3 is 0 Å². The molecule has 0 unspecified atom stereocenters. The first-order chi connectivity index (χ1) is 9.62. The van der Waals surface area contributed by atoms with Gasteiger partial charge in [0, 0.05) is 18.8 Å². The number of rotatable bonds is 8. The average Bonchev–Trinajstić information content (AvgIpc) is 2.47. The third-order valence-corrected chi connectivity index (χ3v) is 2.57. The molecule has 0 aliphatic carbocycles. The lowest BCUT2D eigenvalue weighted by atomic mass is 10.0. The monoisotopic (exact) mass is 275 g/mol. The maximum absolute atomic E-state index is 12.0. The summed E-state index contributed by atoms with van der Waals surface area (Å²) in [6.07, 6.45) is -1.27. The van der Waals surface area contributed by atoms with Gasteiger partial charge in [0.15, 0.2) is 11.6 Å². The number of carbonyl (C=O) groups excluding carboxylic acids is 2. The lowest BCUT2D eigenvalue weighted by Crippen LogP contribution is -2.29. The van der Waals surface area contributed by atoms with Crippen LogP contribution in [-0.2, 0) is 14.3 Å². The molecular formula is C15H17NO4. The van der Waals surface area contributed by atoms with Crippen LogP contribution < -0.4 is 0 Å². The topological polar surface area (TPSA) is 76.4 Å². The lowest BCUT2D eigenvalue weighted by molar-refractivity contribution is -0.166. The predicted octanol–water partition coefficient (Wildman–Crippen LogP) is 2.10. The van der Waals surface area contributed by atoms with Gasteiger partial charge < -0.3 is 9.47 Å². The van der Waals surface area contributed by atoms with E-state index in [4.69, 9.17) is 14.7 Å². The van der Waals surface area contributed by atoms with Crippen molar-refractivity contribution in [3.8, 4) is 6.07 Å². The Bertz CT molecular complexity index is 496. The highest BCUT2D eigenvalue weighted by molar-refractivity contribution is 6.08. The standard InChI is InChI=1S/C15H17NO4/c1-3-19-15(20-4-2)14(18)9-13(17)12-7-5-11(10-16)6-8-12/h5-8,15H,3-4,9H2,1-2H3. The van der Waals surface area contributed by atoms with Crippen molar-refractivity contribution in [3.05, 3.63) is 35.4 Å². The zero-order valence-corrected chi connectivity index (χ0v) is 11.6. The molecule has 0 bridgehead atoms. The van der Waals surface area contributed by atoms with E-state index in [0.717, 1.165) is 0 Å². The van der Waals surface area contributed by atoms with E-state index in [2.05, 4.69) is 0 Å². The Morgan fingerprint density at radius 1 is 1.15 bits per heavy atom. The molecule has 1 rings (SSSR count). The van der Waals surface area contributed by atoms with Crippen molar-refractivity contribution in [2.24, 2.45) is 0 Å². The van der Waals surface area contributed by atoms with Crippen molar-refractivity contribution in [3.63, 3.8) is 0 Å². The summed E-state index contributed by atoms with van der Waals surface area (Å²) < 4.78 is 10.3. The molecule has 0 atom stereocenters. The van der Waals surface area contributed by atoms with E-state index < -0.39 is 12.1 Å². The van der Waals surface area contributed by atoms with E-state index in [9.17, 15) is 9.59 Å². The number of nitrogens with zero attached hydrogens (tertiary/aromatic N) is 1. The first-order valence-corrected chi connectivity index (χ1v) is 6.41. The molecule has 0 spiro atoms. The molecule has 0 aliphatic heterocycles. The summed E-state index contributed by atoms with van der Waals surface area (Å²) in [7, 11) is 0. The summed E-state index contributed by atoms with van der Waals surface area (Å²) in [5.41, 5.74) is 0.860. The van der Waals surface area contributed by atoms with Crippen LogP contribution in [0, 0.1) is 11.3 Å². The largest absolute Gasteiger partial charge is 0.346 e. The van der Waals surface area contributed by atoms with Crippen LogP contribution in [0.15, 0.2) is 24.3 Å². The molecule has 106 valence electrons. The van der Waals surface area contributed by atoms with Crippen molar-refractivity contribution < 1.29 is 19.1 Å². The normalized spacial score (nSPS) is 10.3. The minimum atomic E-state index is -0.993. The summed E-state index contributed by atoms with van der Waals surface area (Å²) in [5, 5.41) is 8.68. The fourth-order valence-electron chi connectivity index (χ4n) is 1.61. The molecule has 20 heavy (non-hydrogen) atoms. The molecule has 0 saturated carbocycles. The number of hydrogen-bond acceptors (Lipinski definition) is 5. The molecule has 0 saturated heterocycles. The summed E-state index contributed by atoms with van der Waals surface area (Å²) in [5.74, 6) is -0.716. The van der Waals surface area contributed by atoms with Gasteiger partial charge in [-0.1, -0.05) is 12.1 Å². The van der Waals surface area contributed by atoms with E-state index in [1.165, 1.54) is 12.1 Å². The van der Waals surface area contributed by atoms with Crippen LogP contribution in [0.25, 0.3) is 0 Å². The second kappa shape index (κ2) is 8.20. The van der Waals surface area contributed by atoms with Crippen molar-refractivity contribution in [2.75, 3.05) is 13.2 Å². The number of ketones is 2. The smallest absolute Gasteiger partial charge is 0.218 e. The number of Topliss-reactive ketones (excluding diaryl/α,β-unsaturated/α-hetero) is 2. The van der Waals surface area contributed by atoms with Gasteiger partial charge in [0.2, 0.25) is 6.29 Å². The van der Waals surface area contributed by atoms with Gasteiger partial charge in [-0.25, -0.2) is 0 Å². The highest BCUT2D eigenvalue weighted by atomic mass is 16.7. The van der Waals surface area contributed by atoms with E-state index in [-0.39, 0.29) is 12.2 Å². The fraction of sp³-hybridized carbons (Fsp3) is 0.400. The van der Waals surface area contributed by atoms with E-state index >= 15 is 0 Å². The summed E-state index contributed by atoms with van der Waals surface area (Å²) in [6.45, 7) is 4.17. The van der Waals surface area contributed by atoms with Crippen LogP contribution >= 0.6 is 0 Å². The molecule has 0 heterocycles. The third kappa shape index (κ3) is 4.57. The Labute approximate surface area is 118 Å². The average molecular weight is 275 g/mol. The zero-order chi connectivity index (χ0) is 15.0. The maximum Gasteiger partial charge on any atom is 0.218 e. The maximum atomic E-state index is 12.0. The van der Waals surface area contributed by atoms with Gasteiger partial charge in [0.25, 0.3) is 0 Å². The van der Waals surface area contributed by atoms with Crippen LogP contribution in [-0.4, -0.2) is 31.1 Å². The van der Waals surface area contributed by atoms with E-state index in [1.807, 2.05) is 6.07 Å². The predicted molar refractivity (Wildman–Crippen MR) is 72.2 cm³/mol. The van der Waals surface area contributed by atoms with Crippen molar-refractivity contribution in [2.45, 2.75) is 26.6 Å². The highest BCUT2D eigenvalue weighted by Gasteiger charge is 2.22. The van der Waals surface area contributed by atoms with Gasteiger partial charge in [-0.05, 0) is 26.0 Å². The second-order valence-electron chi connectivity index (χ2n) is 4.00. The van der Waals surface area contributed by atoms with Crippen molar-refractivity contribution >= 4 is 11.6 Å². The number of ether oxygens (including phenoxy) is 2.